The van der Waals surface area contributed by atoms with Crippen molar-refractivity contribution in [3.63, 3.8) is 0 Å². The van der Waals surface area contributed by atoms with Crippen LogP contribution in [-0.2, 0) is 0 Å². The Bertz CT molecular complexity index is 609. The van der Waals surface area contributed by atoms with Gasteiger partial charge in [-0.15, -0.1) is 11.3 Å². The van der Waals surface area contributed by atoms with E-state index in [1.54, 1.807) is 28.7 Å². The molecule has 112 valence electrons. The molecule has 2 heterocycles. The van der Waals surface area contributed by atoms with E-state index >= 15 is 0 Å². The lowest BCUT2D eigenvalue weighted by Gasteiger charge is -2.34. The van der Waals surface area contributed by atoms with Crippen LogP contribution in [0.5, 0.6) is 0 Å². The number of nitrogens with zero attached hydrogens (tertiary/aromatic N) is 2. The number of aliphatic hydroxyl groups excluding tert-OH is 1. The molecule has 1 N–H and O–H groups in total. The van der Waals surface area contributed by atoms with E-state index in [9.17, 15) is 9.90 Å². The molecule has 0 spiro atoms. The molecule has 1 amide bonds. The Hall–Kier alpha value is -1.24. The lowest BCUT2D eigenvalue weighted by atomic mass is 9.91. The highest BCUT2D eigenvalue weighted by atomic mass is 32.1. The summed E-state index contributed by atoms with van der Waals surface area (Å²) in [6, 6.07) is 1.92. The number of hydrogen-bond acceptors (Lipinski definition) is 5. The molecular formula is C15H18N2O2S2. The van der Waals surface area contributed by atoms with Crippen LogP contribution in [0.15, 0.2) is 22.2 Å². The average molecular weight is 322 g/mol. The van der Waals surface area contributed by atoms with Crippen molar-refractivity contribution in [2.75, 3.05) is 7.05 Å². The third-order valence-electron chi connectivity index (χ3n) is 4.00. The second-order valence-corrected chi connectivity index (χ2v) is 7.02. The van der Waals surface area contributed by atoms with Gasteiger partial charge in [-0.3, -0.25) is 4.79 Å². The van der Waals surface area contributed by atoms with Crippen LogP contribution in [0.1, 0.15) is 36.2 Å². The third-order valence-corrected chi connectivity index (χ3v) is 5.58. The summed E-state index contributed by atoms with van der Waals surface area (Å²) in [6.07, 6.45) is 3.34. The van der Waals surface area contributed by atoms with E-state index in [0.29, 0.717) is 5.69 Å². The van der Waals surface area contributed by atoms with E-state index in [2.05, 4.69) is 4.98 Å². The molecule has 0 aromatic carbocycles. The molecule has 1 aliphatic rings. The second-order valence-electron chi connectivity index (χ2n) is 5.39. The average Bonchev–Trinajstić information content (AvgIpc) is 3.17. The minimum absolute atomic E-state index is 0.0856. The summed E-state index contributed by atoms with van der Waals surface area (Å²) in [6.45, 7) is 0. The highest BCUT2D eigenvalue weighted by molar-refractivity contribution is 7.14. The van der Waals surface area contributed by atoms with E-state index in [1.165, 1.54) is 11.3 Å². The third kappa shape index (κ3) is 3.02. The fraction of sp³-hybridized carbons (Fsp3) is 0.467. The number of rotatable bonds is 3. The normalized spacial score (nSPS) is 22.2. The minimum Gasteiger partial charge on any atom is -0.391 e. The maximum atomic E-state index is 12.5. The standard InChI is InChI=1S/C15H18N2O2S2/c1-17(12-4-2-3-5-13(12)18)15(19)11-9-21-14(16-11)10-6-7-20-8-10/h6-9,12-13,18H,2-5H2,1H3. The maximum absolute atomic E-state index is 12.5. The minimum atomic E-state index is -0.414. The maximum Gasteiger partial charge on any atom is 0.273 e. The molecule has 0 bridgehead atoms. The van der Waals surface area contributed by atoms with Crippen molar-refractivity contribution >= 4 is 28.6 Å². The monoisotopic (exact) mass is 322 g/mol. The van der Waals surface area contributed by atoms with Gasteiger partial charge in [0.05, 0.1) is 12.1 Å². The molecule has 3 rings (SSSR count). The van der Waals surface area contributed by atoms with Gasteiger partial charge in [0.1, 0.15) is 10.7 Å². The van der Waals surface area contributed by atoms with Crippen molar-refractivity contribution in [2.45, 2.75) is 37.8 Å². The Labute approximate surface area is 132 Å². The van der Waals surface area contributed by atoms with E-state index in [0.717, 1.165) is 36.3 Å². The molecule has 2 aromatic rings. The van der Waals surface area contributed by atoms with Gasteiger partial charge < -0.3 is 10.0 Å². The molecule has 2 unspecified atom stereocenters. The second kappa shape index (κ2) is 6.25. The molecule has 2 aromatic heterocycles. The van der Waals surface area contributed by atoms with Crippen LogP contribution in [0, 0.1) is 0 Å². The van der Waals surface area contributed by atoms with Crippen LogP contribution in [0.4, 0.5) is 0 Å². The van der Waals surface area contributed by atoms with E-state index in [1.807, 2.05) is 16.8 Å². The van der Waals surface area contributed by atoms with Crippen molar-refractivity contribution < 1.29 is 9.90 Å². The van der Waals surface area contributed by atoms with Crippen LogP contribution >= 0.6 is 22.7 Å². The molecule has 0 radical (unpaired) electrons. The molecule has 0 aliphatic heterocycles. The fourth-order valence-electron chi connectivity index (χ4n) is 2.77. The molecule has 2 atom stereocenters. The zero-order chi connectivity index (χ0) is 14.8. The highest BCUT2D eigenvalue weighted by Crippen LogP contribution is 2.27. The SMILES string of the molecule is CN(C(=O)c1csc(-c2ccsc2)n1)C1CCCCC1O. The largest absolute Gasteiger partial charge is 0.391 e. The van der Waals surface area contributed by atoms with Crippen LogP contribution < -0.4 is 0 Å². The van der Waals surface area contributed by atoms with Gasteiger partial charge in [-0.2, -0.15) is 11.3 Å². The molecule has 0 saturated heterocycles. The van der Waals surface area contributed by atoms with Crippen LogP contribution in [-0.4, -0.2) is 40.1 Å². The van der Waals surface area contributed by atoms with Gasteiger partial charge in [-0.25, -0.2) is 4.98 Å². The first-order chi connectivity index (χ1) is 10.2. The van der Waals surface area contributed by atoms with Crippen LogP contribution in [0.2, 0.25) is 0 Å². The predicted octanol–water partition coefficient (Wildman–Crippen LogP) is 3.25. The summed E-state index contributed by atoms with van der Waals surface area (Å²) >= 11 is 3.11. The van der Waals surface area contributed by atoms with Crippen molar-refractivity contribution in [2.24, 2.45) is 0 Å². The molecular weight excluding hydrogens is 304 g/mol. The number of amides is 1. The molecule has 21 heavy (non-hydrogen) atoms. The molecule has 6 heteroatoms. The van der Waals surface area contributed by atoms with Gasteiger partial charge in [-0.1, -0.05) is 12.8 Å². The summed E-state index contributed by atoms with van der Waals surface area (Å²) in [5.74, 6) is -0.0984. The van der Waals surface area contributed by atoms with Gasteiger partial charge in [0, 0.05) is 23.4 Å². The van der Waals surface area contributed by atoms with Crippen molar-refractivity contribution in [3.05, 3.63) is 27.9 Å². The number of carbonyl (C=O) groups excluding carboxylic acids is 1. The van der Waals surface area contributed by atoms with E-state index in [-0.39, 0.29) is 11.9 Å². The van der Waals surface area contributed by atoms with Gasteiger partial charge in [0.25, 0.3) is 5.91 Å². The first kappa shape index (κ1) is 14.7. The Morgan fingerprint density at radius 1 is 1.38 bits per heavy atom. The lowest BCUT2D eigenvalue weighted by molar-refractivity contribution is 0.0265. The zero-order valence-corrected chi connectivity index (χ0v) is 13.5. The van der Waals surface area contributed by atoms with Gasteiger partial charge in [0.2, 0.25) is 0 Å². The van der Waals surface area contributed by atoms with Crippen LogP contribution in [0.3, 0.4) is 0 Å². The predicted molar refractivity (Wildman–Crippen MR) is 85.8 cm³/mol. The Morgan fingerprint density at radius 2 is 2.19 bits per heavy atom. The number of aromatic nitrogens is 1. The molecule has 4 nitrogen and oxygen atoms in total. The first-order valence-electron chi connectivity index (χ1n) is 7.10. The van der Waals surface area contributed by atoms with Gasteiger partial charge in [0.15, 0.2) is 0 Å². The number of thiophene rings is 1. The Morgan fingerprint density at radius 3 is 2.90 bits per heavy atom. The van der Waals surface area contributed by atoms with Crippen molar-refractivity contribution in [1.29, 1.82) is 0 Å². The number of hydrogen-bond donors (Lipinski definition) is 1. The first-order valence-corrected chi connectivity index (χ1v) is 8.92. The molecule has 1 saturated carbocycles. The van der Waals surface area contributed by atoms with Gasteiger partial charge in [-0.05, 0) is 24.3 Å². The number of aliphatic hydroxyl groups is 1. The van der Waals surface area contributed by atoms with E-state index < -0.39 is 6.10 Å². The van der Waals surface area contributed by atoms with Gasteiger partial charge >= 0.3 is 0 Å². The summed E-state index contributed by atoms with van der Waals surface area (Å²) in [5.41, 5.74) is 1.53. The zero-order valence-electron chi connectivity index (χ0n) is 11.9. The summed E-state index contributed by atoms with van der Waals surface area (Å²) in [5, 5.41) is 16.8. The summed E-state index contributed by atoms with van der Waals surface area (Å²) in [7, 11) is 1.77. The Kier molecular flexibility index (Phi) is 4.37. The van der Waals surface area contributed by atoms with E-state index in [4.69, 9.17) is 0 Å². The topological polar surface area (TPSA) is 53.4 Å². The lowest BCUT2D eigenvalue weighted by Crippen LogP contribution is -2.46. The Balaban J connectivity index is 1.75. The molecule has 1 aliphatic carbocycles. The number of carbonyl (C=O) groups is 1. The highest BCUT2D eigenvalue weighted by Gasteiger charge is 2.30. The van der Waals surface area contributed by atoms with Crippen LogP contribution in [0.25, 0.3) is 10.6 Å². The molecule has 1 fully saturated rings. The summed E-state index contributed by atoms with van der Waals surface area (Å²) in [4.78, 5) is 18.6. The summed E-state index contributed by atoms with van der Waals surface area (Å²) < 4.78 is 0. The smallest absolute Gasteiger partial charge is 0.273 e. The van der Waals surface area contributed by atoms with Crippen molar-refractivity contribution in [1.82, 2.24) is 9.88 Å². The quantitative estimate of drug-likeness (QED) is 0.944. The fourth-order valence-corrected chi connectivity index (χ4v) is 4.27. The van der Waals surface area contributed by atoms with Crippen molar-refractivity contribution in [3.8, 4) is 10.6 Å². The number of likely N-dealkylation sites (N-methyl/N-ethyl adjacent to an activating group) is 1. The number of thiazole rings is 1.